The smallest absolute Gasteiger partial charge is 0.322 e. The number of nitrogens with zero attached hydrogens (tertiary/aromatic N) is 4. The highest BCUT2D eigenvalue weighted by molar-refractivity contribution is 7.07. The highest BCUT2D eigenvalue weighted by Gasteiger charge is 2.32. The van der Waals surface area contributed by atoms with Crippen LogP contribution in [0, 0.1) is 0 Å². The molecule has 1 aliphatic heterocycles. The van der Waals surface area contributed by atoms with Crippen molar-refractivity contribution < 1.29 is 4.79 Å². The van der Waals surface area contributed by atoms with Crippen molar-refractivity contribution in [2.75, 3.05) is 5.32 Å². The lowest BCUT2D eigenvalue weighted by molar-refractivity contribution is -0.113. The molecule has 8 nitrogen and oxygen atoms in total. The molecular formula is C30H24ClN5O3S. The van der Waals surface area contributed by atoms with E-state index in [-0.39, 0.29) is 17.2 Å². The van der Waals surface area contributed by atoms with Gasteiger partial charge in [0.2, 0.25) is 0 Å². The van der Waals surface area contributed by atoms with Gasteiger partial charge in [-0.05, 0) is 60.5 Å². The van der Waals surface area contributed by atoms with Crippen molar-refractivity contribution >= 4 is 51.6 Å². The number of nitrogens with one attached hydrogen (secondary N) is 1. The van der Waals surface area contributed by atoms with E-state index in [0.29, 0.717) is 31.3 Å². The van der Waals surface area contributed by atoms with E-state index in [1.165, 1.54) is 11.3 Å². The van der Waals surface area contributed by atoms with Crippen LogP contribution in [0.4, 0.5) is 5.69 Å². The van der Waals surface area contributed by atoms with Crippen LogP contribution in [-0.2, 0) is 18.9 Å². The zero-order valence-electron chi connectivity index (χ0n) is 21.9. The number of aryl methyl sites for hydroxylation is 2. The van der Waals surface area contributed by atoms with Crippen molar-refractivity contribution in [3.8, 4) is 0 Å². The van der Waals surface area contributed by atoms with Crippen LogP contribution in [0.3, 0.4) is 0 Å². The Bertz CT molecular complexity index is 2080. The molecule has 200 valence electrons. The summed E-state index contributed by atoms with van der Waals surface area (Å²) in [5.41, 5.74) is 4.26. The number of thiazole rings is 1. The maximum atomic E-state index is 13.9. The maximum Gasteiger partial charge on any atom is 0.328 e. The highest BCUT2D eigenvalue weighted by atomic mass is 35.5. The highest BCUT2D eigenvalue weighted by Crippen LogP contribution is 2.31. The van der Waals surface area contributed by atoms with Gasteiger partial charge < -0.3 is 5.32 Å². The Labute approximate surface area is 237 Å². The molecule has 0 unspecified atom stereocenters. The number of carbonyl (C=O) groups excluding carboxylic acids is 1. The van der Waals surface area contributed by atoms with Crippen molar-refractivity contribution in [3.63, 3.8) is 0 Å². The summed E-state index contributed by atoms with van der Waals surface area (Å²) in [6.45, 7) is 1.78. The lowest BCUT2D eigenvalue weighted by Crippen LogP contribution is -2.40. The Kier molecular flexibility index (Phi) is 6.40. The average molecular weight is 570 g/mol. The van der Waals surface area contributed by atoms with Crippen LogP contribution in [0.15, 0.2) is 98.6 Å². The number of amides is 1. The van der Waals surface area contributed by atoms with E-state index < -0.39 is 6.04 Å². The quantitative estimate of drug-likeness (QED) is 0.358. The summed E-state index contributed by atoms with van der Waals surface area (Å²) in [5.74, 6) is -0.336. The summed E-state index contributed by atoms with van der Waals surface area (Å²) in [6, 6.07) is 21.2. The Morgan fingerprint density at radius 1 is 0.975 bits per heavy atom. The Morgan fingerprint density at radius 3 is 2.40 bits per heavy atom. The number of rotatable bonds is 4. The van der Waals surface area contributed by atoms with E-state index in [2.05, 4.69) is 5.32 Å². The fourth-order valence-corrected chi connectivity index (χ4v) is 6.23. The number of benzene rings is 3. The molecule has 1 amide bonds. The van der Waals surface area contributed by atoms with Crippen LogP contribution < -0.4 is 25.9 Å². The molecule has 3 aromatic carbocycles. The first-order chi connectivity index (χ1) is 19.2. The third kappa shape index (κ3) is 4.33. The predicted molar refractivity (Wildman–Crippen MR) is 158 cm³/mol. The molecule has 0 saturated heterocycles. The van der Waals surface area contributed by atoms with Gasteiger partial charge in [-0.3, -0.25) is 23.3 Å². The Morgan fingerprint density at radius 2 is 1.68 bits per heavy atom. The van der Waals surface area contributed by atoms with Gasteiger partial charge in [0.25, 0.3) is 11.5 Å². The lowest BCUT2D eigenvalue weighted by atomic mass is 9.95. The van der Waals surface area contributed by atoms with Crippen LogP contribution in [0.1, 0.15) is 24.1 Å². The molecule has 0 aliphatic carbocycles. The van der Waals surface area contributed by atoms with Gasteiger partial charge in [0.1, 0.15) is 0 Å². The zero-order chi connectivity index (χ0) is 28.1. The minimum Gasteiger partial charge on any atom is -0.322 e. The van der Waals surface area contributed by atoms with E-state index in [4.69, 9.17) is 16.6 Å². The monoisotopic (exact) mass is 569 g/mol. The van der Waals surface area contributed by atoms with E-state index in [1.807, 2.05) is 48.5 Å². The second kappa shape index (κ2) is 9.93. The molecule has 0 bridgehead atoms. The van der Waals surface area contributed by atoms with Crippen LogP contribution >= 0.6 is 22.9 Å². The van der Waals surface area contributed by atoms with Gasteiger partial charge in [-0.1, -0.05) is 59.3 Å². The van der Waals surface area contributed by atoms with Crippen molar-refractivity contribution in [1.29, 1.82) is 0 Å². The third-order valence-electron chi connectivity index (χ3n) is 7.08. The number of aromatic nitrogens is 3. The summed E-state index contributed by atoms with van der Waals surface area (Å²) >= 11 is 7.43. The molecule has 0 radical (unpaired) electrons. The molecule has 10 heteroatoms. The second-order valence-corrected chi connectivity index (χ2v) is 11.0. The molecule has 0 saturated carbocycles. The molecule has 5 aromatic rings. The van der Waals surface area contributed by atoms with Gasteiger partial charge >= 0.3 is 5.69 Å². The fourth-order valence-electron chi connectivity index (χ4n) is 5.06. The third-order valence-corrected chi connectivity index (χ3v) is 8.31. The number of halogens is 1. The van der Waals surface area contributed by atoms with Crippen LogP contribution in [-0.4, -0.2) is 19.6 Å². The molecule has 3 heterocycles. The molecule has 6 rings (SSSR count). The molecule has 40 heavy (non-hydrogen) atoms. The SMILES string of the molecule is CC1=C(C(=O)Nc2ccccc2)[C@H](c2ccc(Cl)cc2)n2c(s/c(=C/c3ccc4c(c3)n(C)c(=O)n4C)c2=O)=N1. The number of fused-ring (bicyclic) bond motifs is 2. The molecule has 1 aliphatic rings. The molecular weight excluding hydrogens is 546 g/mol. The normalized spacial score (nSPS) is 15.3. The number of anilines is 1. The topological polar surface area (TPSA) is 90.4 Å². The number of hydrogen-bond acceptors (Lipinski definition) is 5. The standard InChI is InChI=1S/C30H24ClN5O3S/c1-17-25(27(37)33-21-7-5-4-6-8-21)26(19-10-12-20(31)13-11-19)36-28(38)24(40-29(36)32-17)16-18-9-14-22-23(15-18)35(3)30(39)34(22)2/h4-16,26H,1-3H3,(H,33,37)/b24-16+/t26-/m0/s1. The summed E-state index contributed by atoms with van der Waals surface area (Å²) in [4.78, 5) is 45.1. The predicted octanol–water partition coefficient (Wildman–Crippen LogP) is 3.72. The molecule has 1 atom stereocenters. The maximum absolute atomic E-state index is 13.9. The van der Waals surface area contributed by atoms with Gasteiger partial charge in [0.15, 0.2) is 4.80 Å². The van der Waals surface area contributed by atoms with E-state index in [0.717, 1.165) is 22.2 Å². The fraction of sp³-hybridized carbons (Fsp3) is 0.133. The number of allylic oxidation sites excluding steroid dienone is 1. The van der Waals surface area contributed by atoms with Crippen molar-refractivity contribution in [2.24, 2.45) is 19.1 Å². The Hall–Kier alpha value is -4.47. The van der Waals surface area contributed by atoms with Gasteiger partial charge in [-0.15, -0.1) is 0 Å². The first kappa shape index (κ1) is 25.8. The van der Waals surface area contributed by atoms with E-state index >= 15 is 0 Å². The lowest BCUT2D eigenvalue weighted by Gasteiger charge is -2.25. The van der Waals surface area contributed by atoms with Gasteiger partial charge in [-0.2, -0.15) is 0 Å². The van der Waals surface area contributed by atoms with Crippen LogP contribution in [0.5, 0.6) is 0 Å². The summed E-state index contributed by atoms with van der Waals surface area (Å²) < 4.78 is 5.21. The van der Waals surface area contributed by atoms with E-state index in [9.17, 15) is 14.4 Å². The molecule has 0 spiro atoms. The molecule has 1 N–H and O–H groups in total. The minimum absolute atomic E-state index is 0.119. The number of hydrogen-bond donors (Lipinski definition) is 1. The van der Waals surface area contributed by atoms with Gasteiger partial charge in [0.05, 0.1) is 32.9 Å². The van der Waals surface area contributed by atoms with E-state index in [1.54, 1.807) is 65.1 Å². The van der Waals surface area contributed by atoms with Crippen LogP contribution in [0.2, 0.25) is 5.02 Å². The van der Waals surface area contributed by atoms with Gasteiger partial charge in [-0.25, -0.2) is 9.79 Å². The first-order valence-electron chi connectivity index (χ1n) is 12.5. The summed E-state index contributed by atoms with van der Waals surface area (Å²) in [7, 11) is 3.45. The van der Waals surface area contributed by atoms with Crippen molar-refractivity contribution in [3.05, 3.63) is 130 Å². The minimum atomic E-state index is -0.697. The first-order valence-corrected chi connectivity index (χ1v) is 13.7. The number of carbonyl (C=O) groups is 1. The van der Waals surface area contributed by atoms with Crippen molar-refractivity contribution in [2.45, 2.75) is 13.0 Å². The zero-order valence-corrected chi connectivity index (χ0v) is 23.5. The number of imidazole rings is 1. The summed E-state index contributed by atoms with van der Waals surface area (Å²) in [6.07, 6.45) is 1.79. The van der Waals surface area contributed by atoms with Crippen LogP contribution in [0.25, 0.3) is 17.1 Å². The Balaban J connectivity index is 1.51. The molecule has 2 aromatic heterocycles. The second-order valence-electron chi connectivity index (χ2n) is 9.60. The average Bonchev–Trinajstić information content (AvgIpc) is 3.36. The van der Waals surface area contributed by atoms with Gasteiger partial charge in [0, 0.05) is 24.8 Å². The summed E-state index contributed by atoms with van der Waals surface area (Å²) in [5, 5.41) is 3.50. The molecule has 0 fully saturated rings. The largest absolute Gasteiger partial charge is 0.328 e. The van der Waals surface area contributed by atoms with Crippen molar-refractivity contribution in [1.82, 2.24) is 13.7 Å². The number of para-hydroxylation sites is 1.